The standard InChI is InChI=1S/C20H20N2O2/c23-19(21-15-13-17-7-3-1-4-8-17)11-12-20(24)22-16-14-18-9-5-2-6-10-18/h1-10H,13-16H2,(H,21,23)(H,22,24). The van der Waals surface area contributed by atoms with Gasteiger partial charge >= 0.3 is 0 Å². The summed E-state index contributed by atoms with van der Waals surface area (Å²) in [5.74, 6) is 3.73. The average Bonchev–Trinajstić information content (AvgIpc) is 2.62. The lowest BCUT2D eigenvalue weighted by molar-refractivity contribution is -0.117. The molecule has 0 heterocycles. The highest BCUT2D eigenvalue weighted by Crippen LogP contribution is 1.98. The number of carbonyl (C=O) groups excluding carboxylic acids is 2. The number of nitrogens with one attached hydrogen (secondary N) is 2. The Morgan fingerprint density at radius 3 is 1.42 bits per heavy atom. The molecular weight excluding hydrogens is 300 g/mol. The maximum atomic E-state index is 11.6. The molecule has 0 saturated heterocycles. The lowest BCUT2D eigenvalue weighted by atomic mass is 10.1. The van der Waals surface area contributed by atoms with Crippen molar-refractivity contribution in [3.63, 3.8) is 0 Å². The summed E-state index contributed by atoms with van der Waals surface area (Å²) in [6.45, 7) is 0.986. The van der Waals surface area contributed by atoms with Gasteiger partial charge in [-0.05, 0) is 24.0 Å². The molecule has 2 aromatic rings. The minimum Gasteiger partial charge on any atom is -0.345 e. The van der Waals surface area contributed by atoms with E-state index in [9.17, 15) is 9.59 Å². The Morgan fingerprint density at radius 2 is 1.04 bits per heavy atom. The Balaban J connectivity index is 1.63. The Hall–Kier alpha value is -3.06. The second kappa shape index (κ2) is 9.86. The zero-order valence-electron chi connectivity index (χ0n) is 13.4. The summed E-state index contributed by atoms with van der Waals surface area (Å²) in [5.41, 5.74) is 2.29. The van der Waals surface area contributed by atoms with Crippen LogP contribution in [0.1, 0.15) is 11.1 Å². The smallest absolute Gasteiger partial charge is 0.296 e. The molecule has 0 aliphatic carbocycles. The van der Waals surface area contributed by atoms with Gasteiger partial charge in [0.15, 0.2) is 0 Å². The number of hydrogen-bond donors (Lipinski definition) is 2. The molecule has 0 radical (unpaired) electrons. The largest absolute Gasteiger partial charge is 0.345 e. The van der Waals surface area contributed by atoms with Gasteiger partial charge in [-0.15, -0.1) is 0 Å². The highest BCUT2D eigenvalue weighted by Gasteiger charge is 1.99. The van der Waals surface area contributed by atoms with Gasteiger partial charge in [0.2, 0.25) is 0 Å². The second-order valence-electron chi connectivity index (χ2n) is 5.23. The molecule has 122 valence electrons. The fourth-order valence-corrected chi connectivity index (χ4v) is 2.13. The first kappa shape index (κ1) is 17.3. The Morgan fingerprint density at radius 1 is 0.667 bits per heavy atom. The summed E-state index contributed by atoms with van der Waals surface area (Å²) in [6, 6.07) is 19.7. The van der Waals surface area contributed by atoms with Gasteiger partial charge in [-0.25, -0.2) is 0 Å². The van der Waals surface area contributed by atoms with Gasteiger partial charge in [0, 0.05) is 24.9 Å². The van der Waals surface area contributed by atoms with Crippen molar-refractivity contribution in [2.45, 2.75) is 12.8 Å². The van der Waals surface area contributed by atoms with Crippen molar-refractivity contribution in [3.8, 4) is 11.8 Å². The third-order valence-electron chi connectivity index (χ3n) is 3.37. The van der Waals surface area contributed by atoms with Crippen molar-refractivity contribution in [1.29, 1.82) is 0 Å². The van der Waals surface area contributed by atoms with E-state index in [4.69, 9.17) is 0 Å². The molecule has 0 atom stereocenters. The SMILES string of the molecule is O=C(C#CC(=O)NCCc1ccccc1)NCCc1ccccc1. The Labute approximate surface area is 142 Å². The van der Waals surface area contributed by atoms with Gasteiger partial charge in [0.25, 0.3) is 11.8 Å². The van der Waals surface area contributed by atoms with Crippen LogP contribution in [0.2, 0.25) is 0 Å². The molecule has 2 amide bonds. The first-order chi connectivity index (χ1) is 11.7. The zero-order chi connectivity index (χ0) is 17.0. The summed E-state index contributed by atoms with van der Waals surface area (Å²) < 4.78 is 0. The highest BCUT2D eigenvalue weighted by molar-refractivity contribution is 6.02. The van der Waals surface area contributed by atoms with Crippen LogP contribution in [-0.2, 0) is 22.4 Å². The van der Waals surface area contributed by atoms with Crippen LogP contribution in [0.15, 0.2) is 60.7 Å². The van der Waals surface area contributed by atoms with E-state index in [-0.39, 0.29) is 0 Å². The number of carbonyl (C=O) groups is 2. The van der Waals surface area contributed by atoms with E-state index in [0.717, 1.165) is 24.0 Å². The molecular formula is C20H20N2O2. The van der Waals surface area contributed by atoms with Crippen molar-refractivity contribution >= 4 is 11.8 Å². The molecule has 2 rings (SSSR count). The molecule has 0 aliphatic heterocycles. The second-order valence-corrected chi connectivity index (χ2v) is 5.23. The minimum atomic E-state index is -0.441. The molecule has 2 N–H and O–H groups in total. The molecule has 4 nitrogen and oxygen atoms in total. The third kappa shape index (κ3) is 6.80. The molecule has 2 aromatic carbocycles. The van der Waals surface area contributed by atoms with E-state index < -0.39 is 11.8 Å². The fraction of sp³-hybridized carbons (Fsp3) is 0.200. The van der Waals surface area contributed by atoms with Gasteiger partial charge in [-0.2, -0.15) is 0 Å². The quantitative estimate of drug-likeness (QED) is 0.796. The van der Waals surface area contributed by atoms with Crippen molar-refractivity contribution in [2.24, 2.45) is 0 Å². The van der Waals surface area contributed by atoms with Crippen LogP contribution in [0.3, 0.4) is 0 Å². The van der Waals surface area contributed by atoms with E-state index in [2.05, 4.69) is 22.5 Å². The third-order valence-corrected chi connectivity index (χ3v) is 3.37. The van der Waals surface area contributed by atoms with Crippen LogP contribution in [0.5, 0.6) is 0 Å². The van der Waals surface area contributed by atoms with Crippen molar-refractivity contribution in [2.75, 3.05) is 13.1 Å². The minimum absolute atomic E-state index is 0.441. The van der Waals surface area contributed by atoms with Gasteiger partial charge in [0.05, 0.1) is 0 Å². The van der Waals surface area contributed by atoms with Gasteiger partial charge in [0.1, 0.15) is 0 Å². The lowest BCUT2D eigenvalue weighted by Crippen LogP contribution is -2.26. The Bertz CT molecular complexity index is 654. The molecule has 0 bridgehead atoms. The number of hydrogen-bond acceptors (Lipinski definition) is 2. The van der Waals surface area contributed by atoms with Crippen LogP contribution < -0.4 is 10.6 Å². The molecule has 4 heteroatoms. The summed E-state index contributed by atoms with van der Waals surface area (Å²) in [7, 11) is 0. The Kier molecular flexibility index (Phi) is 7.10. The van der Waals surface area contributed by atoms with Gasteiger partial charge < -0.3 is 10.6 Å². The molecule has 24 heavy (non-hydrogen) atoms. The first-order valence-electron chi connectivity index (χ1n) is 7.89. The monoisotopic (exact) mass is 320 g/mol. The summed E-state index contributed by atoms with van der Waals surface area (Å²) in [5, 5.41) is 5.35. The first-order valence-corrected chi connectivity index (χ1v) is 7.89. The molecule has 0 spiro atoms. The molecule has 0 saturated carbocycles. The fourth-order valence-electron chi connectivity index (χ4n) is 2.13. The van der Waals surface area contributed by atoms with Crippen molar-refractivity contribution in [3.05, 3.63) is 71.8 Å². The van der Waals surface area contributed by atoms with E-state index >= 15 is 0 Å². The van der Waals surface area contributed by atoms with E-state index in [1.807, 2.05) is 60.7 Å². The predicted molar refractivity (Wildman–Crippen MR) is 94.1 cm³/mol. The van der Waals surface area contributed by atoms with Crippen molar-refractivity contribution < 1.29 is 9.59 Å². The van der Waals surface area contributed by atoms with Crippen LogP contribution in [0.25, 0.3) is 0 Å². The number of rotatable bonds is 6. The summed E-state index contributed by atoms with van der Waals surface area (Å²) in [6.07, 6.45) is 1.47. The normalized spacial score (nSPS) is 9.50. The van der Waals surface area contributed by atoms with E-state index in [0.29, 0.717) is 13.1 Å². The van der Waals surface area contributed by atoms with E-state index in [1.54, 1.807) is 0 Å². The van der Waals surface area contributed by atoms with Gasteiger partial charge in [-0.1, -0.05) is 60.7 Å². The van der Waals surface area contributed by atoms with Crippen LogP contribution in [-0.4, -0.2) is 24.9 Å². The van der Waals surface area contributed by atoms with E-state index in [1.165, 1.54) is 0 Å². The topological polar surface area (TPSA) is 58.2 Å². The van der Waals surface area contributed by atoms with Crippen LogP contribution in [0.4, 0.5) is 0 Å². The zero-order valence-corrected chi connectivity index (χ0v) is 13.4. The summed E-state index contributed by atoms with van der Waals surface area (Å²) in [4.78, 5) is 23.1. The summed E-state index contributed by atoms with van der Waals surface area (Å²) >= 11 is 0. The highest BCUT2D eigenvalue weighted by atomic mass is 16.2. The molecule has 0 aromatic heterocycles. The maximum Gasteiger partial charge on any atom is 0.296 e. The number of benzene rings is 2. The maximum absolute atomic E-state index is 11.6. The average molecular weight is 320 g/mol. The lowest BCUT2D eigenvalue weighted by Gasteiger charge is -2.02. The van der Waals surface area contributed by atoms with Crippen molar-refractivity contribution in [1.82, 2.24) is 10.6 Å². The van der Waals surface area contributed by atoms with Crippen LogP contribution in [0, 0.1) is 11.8 Å². The predicted octanol–water partition coefficient (Wildman–Crippen LogP) is 1.71. The molecule has 0 aliphatic rings. The molecule has 0 fully saturated rings. The molecule has 0 unspecified atom stereocenters. The van der Waals surface area contributed by atoms with Gasteiger partial charge in [-0.3, -0.25) is 9.59 Å². The number of amides is 2. The van der Waals surface area contributed by atoms with Crippen LogP contribution >= 0.6 is 0 Å².